The number of nitrogens with one attached hydrogen (secondary N) is 1. The fourth-order valence-corrected chi connectivity index (χ4v) is 1.38. The van der Waals surface area contributed by atoms with Crippen molar-refractivity contribution >= 4 is 28.8 Å². The van der Waals surface area contributed by atoms with Gasteiger partial charge in [0.15, 0.2) is 4.47 Å². The van der Waals surface area contributed by atoms with Crippen molar-refractivity contribution in [3.63, 3.8) is 0 Å². The van der Waals surface area contributed by atoms with Gasteiger partial charge in [0.25, 0.3) is 0 Å². The van der Waals surface area contributed by atoms with Crippen LogP contribution in [0.5, 0.6) is 0 Å². The summed E-state index contributed by atoms with van der Waals surface area (Å²) in [5.74, 6) is 0.582. The van der Waals surface area contributed by atoms with Gasteiger partial charge >= 0.3 is 0 Å². The predicted octanol–water partition coefficient (Wildman–Crippen LogP) is 0.562. The number of hydrogen-bond acceptors (Lipinski definition) is 5. The van der Waals surface area contributed by atoms with Gasteiger partial charge in [0, 0.05) is 5.38 Å². The minimum absolute atomic E-state index is 0.133. The topological polar surface area (TPSA) is 65.4 Å². The molecule has 0 atom stereocenters. The maximum Gasteiger partial charge on any atom is 0.185 e. The lowest BCUT2D eigenvalue weighted by Crippen LogP contribution is -2.27. The van der Waals surface area contributed by atoms with Crippen LogP contribution in [0.25, 0.3) is 0 Å². The van der Waals surface area contributed by atoms with Crippen LogP contribution in [-0.2, 0) is 0 Å². The zero-order valence-corrected chi connectivity index (χ0v) is 7.77. The molecule has 1 rings (SSSR count). The Bertz CT molecular complexity index is 239. The summed E-state index contributed by atoms with van der Waals surface area (Å²) in [7, 11) is 0. The molecule has 1 aromatic heterocycles. The second kappa shape index (κ2) is 4.61. The van der Waals surface area contributed by atoms with Gasteiger partial charge in [-0.3, -0.25) is 0 Å². The summed E-state index contributed by atoms with van der Waals surface area (Å²) in [5.41, 5.74) is 0. The Balaban J connectivity index is 2.50. The molecule has 4 nitrogen and oxygen atoms in total. The number of rotatable bonds is 4. The largest absolute Gasteiger partial charge is 0.394 e. The Morgan fingerprint density at radius 3 is 2.67 bits per heavy atom. The molecule has 0 aliphatic heterocycles. The minimum Gasteiger partial charge on any atom is -0.394 e. The summed E-state index contributed by atoms with van der Waals surface area (Å²) < 4.78 is 0.437. The van der Waals surface area contributed by atoms with Crippen molar-refractivity contribution in [1.29, 1.82) is 0 Å². The standard InChI is InChI=1S/C6H9ClN2O2S/c7-6-9-5(3-12-6)8-4(1-10)2-11/h3-4,8,10-11H,1-2H2. The Hall–Kier alpha value is -0.360. The number of nitrogens with zero attached hydrogens (tertiary/aromatic N) is 1. The molecule has 0 radical (unpaired) electrons. The SMILES string of the molecule is OCC(CO)Nc1csc(Cl)n1. The second-order valence-electron chi connectivity index (χ2n) is 2.19. The number of thiazole rings is 1. The van der Waals surface area contributed by atoms with Crippen LogP contribution in [-0.4, -0.2) is 34.5 Å². The van der Waals surface area contributed by atoms with E-state index >= 15 is 0 Å². The Morgan fingerprint density at radius 1 is 1.58 bits per heavy atom. The summed E-state index contributed by atoms with van der Waals surface area (Å²) >= 11 is 6.87. The smallest absolute Gasteiger partial charge is 0.185 e. The van der Waals surface area contributed by atoms with Gasteiger partial charge in [0.05, 0.1) is 19.3 Å². The number of aliphatic hydroxyl groups excluding tert-OH is 2. The highest BCUT2D eigenvalue weighted by Gasteiger charge is 2.06. The molecule has 0 bridgehead atoms. The summed E-state index contributed by atoms with van der Waals surface area (Å²) in [6.07, 6.45) is 0. The van der Waals surface area contributed by atoms with Gasteiger partial charge in [0.2, 0.25) is 0 Å². The predicted molar refractivity (Wildman–Crippen MR) is 48.7 cm³/mol. The van der Waals surface area contributed by atoms with Gasteiger partial charge in [-0.05, 0) is 0 Å². The summed E-state index contributed by atoms with van der Waals surface area (Å²) in [4.78, 5) is 3.90. The van der Waals surface area contributed by atoms with E-state index in [0.717, 1.165) is 0 Å². The third kappa shape index (κ3) is 2.60. The number of anilines is 1. The van der Waals surface area contributed by atoms with Crippen molar-refractivity contribution < 1.29 is 10.2 Å². The highest BCUT2D eigenvalue weighted by molar-refractivity contribution is 7.14. The zero-order chi connectivity index (χ0) is 8.97. The van der Waals surface area contributed by atoms with Crippen molar-refractivity contribution in [1.82, 2.24) is 4.98 Å². The summed E-state index contributed by atoms with van der Waals surface area (Å²) in [5, 5.41) is 22.0. The molecule has 0 fully saturated rings. The van der Waals surface area contributed by atoms with Crippen LogP contribution in [0.4, 0.5) is 5.82 Å². The molecular formula is C6H9ClN2O2S. The summed E-state index contributed by atoms with van der Waals surface area (Å²) in [6.45, 7) is -0.267. The van der Waals surface area contributed by atoms with Crippen LogP contribution in [0.15, 0.2) is 5.38 Å². The second-order valence-corrected chi connectivity index (χ2v) is 3.63. The fourth-order valence-electron chi connectivity index (χ4n) is 0.676. The first-order valence-electron chi connectivity index (χ1n) is 3.35. The maximum absolute atomic E-state index is 8.71. The van der Waals surface area contributed by atoms with E-state index in [0.29, 0.717) is 10.3 Å². The van der Waals surface area contributed by atoms with Crippen molar-refractivity contribution in [3.8, 4) is 0 Å². The Kier molecular flexibility index (Phi) is 3.74. The van der Waals surface area contributed by atoms with E-state index < -0.39 is 0 Å². The quantitative estimate of drug-likeness (QED) is 0.677. The summed E-state index contributed by atoms with van der Waals surface area (Å²) in [6, 6.07) is -0.372. The van der Waals surface area contributed by atoms with Gasteiger partial charge in [-0.15, -0.1) is 11.3 Å². The molecule has 68 valence electrons. The van der Waals surface area contributed by atoms with E-state index in [4.69, 9.17) is 21.8 Å². The first-order chi connectivity index (χ1) is 5.76. The maximum atomic E-state index is 8.71. The number of aromatic nitrogens is 1. The third-order valence-electron chi connectivity index (χ3n) is 1.27. The monoisotopic (exact) mass is 208 g/mol. The molecule has 0 aliphatic carbocycles. The highest BCUT2D eigenvalue weighted by atomic mass is 35.5. The van der Waals surface area contributed by atoms with E-state index in [2.05, 4.69) is 10.3 Å². The van der Waals surface area contributed by atoms with Crippen molar-refractivity contribution in [2.24, 2.45) is 0 Å². The molecule has 1 aromatic rings. The van der Waals surface area contributed by atoms with E-state index in [9.17, 15) is 0 Å². The molecule has 0 amide bonds. The minimum atomic E-state index is -0.372. The highest BCUT2D eigenvalue weighted by Crippen LogP contribution is 2.18. The first kappa shape index (κ1) is 9.73. The molecule has 0 saturated carbocycles. The average Bonchev–Trinajstić information content (AvgIpc) is 2.47. The van der Waals surface area contributed by atoms with Gasteiger partial charge in [-0.2, -0.15) is 0 Å². The zero-order valence-electron chi connectivity index (χ0n) is 6.20. The molecule has 0 aromatic carbocycles. The molecular weight excluding hydrogens is 200 g/mol. The van der Waals surface area contributed by atoms with E-state index in [1.807, 2.05) is 0 Å². The first-order valence-corrected chi connectivity index (χ1v) is 4.61. The number of halogens is 1. The Labute approximate surface area is 78.8 Å². The van der Waals surface area contributed by atoms with Crippen LogP contribution >= 0.6 is 22.9 Å². The molecule has 0 spiro atoms. The molecule has 0 aliphatic rings. The molecule has 6 heteroatoms. The lowest BCUT2D eigenvalue weighted by Gasteiger charge is -2.11. The van der Waals surface area contributed by atoms with E-state index in [1.165, 1.54) is 11.3 Å². The van der Waals surface area contributed by atoms with Crippen LogP contribution in [0.3, 0.4) is 0 Å². The number of aliphatic hydroxyl groups is 2. The lowest BCUT2D eigenvalue weighted by molar-refractivity contribution is 0.203. The van der Waals surface area contributed by atoms with Gasteiger partial charge in [-0.1, -0.05) is 11.6 Å². The van der Waals surface area contributed by atoms with Crippen molar-refractivity contribution in [2.45, 2.75) is 6.04 Å². The van der Waals surface area contributed by atoms with E-state index in [1.54, 1.807) is 5.38 Å². The van der Waals surface area contributed by atoms with Gasteiger partial charge < -0.3 is 15.5 Å². The van der Waals surface area contributed by atoms with Crippen LogP contribution in [0.2, 0.25) is 4.47 Å². The van der Waals surface area contributed by atoms with Crippen LogP contribution < -0.4 is 5.32 Å². The fraction of sp³-hybridized carbons (Fsp3) is 0.500. The molecule has 0 unspecified atom stereocenters. The molecule has 1 heterocycles. The molecule has 3 N–H and O–H groups in total. The molecule has 0 saturated heterocycles. The van der Waals surface area contributed by atoms with Crippen LogP contribution in [0, 0.1) is 0 Å². The molecule has 12 heavy (non-hydrogen) atoms. The Morgan fingerprint density at radius 2 is 2.25 bits per heavy atom. The third-order valence-corrected chi connectivity index (χ3v) is 2.25. The normalized spacial score (nSPS) is 10.7. The van der Waals surface area contributed by atoms with Crippen molar-refractivity contribution in [3.05, 3.63) is 9.85 Å². The van der Waals surface area contributed by atoms with E-state index in [-0.39, 0.29) is 19.3 Å². The van der Waals surface area contributed by atoms with Crippen molar-refractivity contribution in [2.75, 3.05) is 18.5 Å². The van der Waals surface area contributed by atoms with Gasteiger partial charge in [0.1, 0.15) is 5.82 Å². The number of hydrogen-bond donors (Lipinski definition) is 3. The lowest BCUT2D eigenvalue weighted by atomic mass is 10.3. The average molecular weight is 209 g/mol. The van der Waals surface area contributed by atoms with Crippen LogP contribution in [0.1, 0.15) is 0 Å². The van der Waals surface area contributed by atoms with Gasteiger partial charge in [-0.25, -0.2) is 4.98 Å².